The number of rotatable bonds is 7. The molecule has 2 saturated heterocycles. The first-order valence-electron chi connectivity index (χ1n) is 12.0. The lowest BCUT2D eigenvalue weighted by atomic mass is 9.90. The van der Waals surface area contributed by atoms with Gasteiger partial charge in [-0.05, 0) is 62.3 Å². The summed E-state index contributed by atoms with van der Waals surface area (Å²) in [5.74, 6) is 0.806. The smallest absolute Gasteiger partial charge is 0.257 e. The number of hydrogen-bond donors (Lipinski definition) is 0. The number of carbonyl (C=O) groups excluding carboxylic acids is 1. The molecule has 2 aromatic rings. The van der Waals surface area contributed by atoms with Gasteiger partial charge in [0.1, 0.15) is 5.75 Å². The predicted molar refractivity (Wildman–Crippen MR) is 131 cm³/mol. The third kappa shape index (κ3) is 5.62. The molecule has 2 aromatic carbocycles. The second kappa shape index (κ2) is 10.9. The number of piperidine rings is 1. The van der Waals surface area contributed by atoms with E-state index >= 15 is 0 Å². The predicted octanol–water partition coefficient (Wildman–Crippen LogP) is 3.51. The molecule has 0 bridgehead atoms. The number of morpholine rings is 1. The summed E-state index contributed by atoms with van der Waals surface area (Å²) in [6.45, 7) is 4.81. The molecule has 4 rings (SSSR count). The van der Waals surface area contributed by atoms with Crippen LogP contribution in [0.5, 0.6) is 5.75 Å². The highest BCUT2D eigenvalue weighted by Crippen LogP contribution is 2.29. The zero-order chi connectivity index (χ0) is 24.1. The highest BCUT2D eigenvalue weighted by Gasteiger charge is 2.30. The van der Waals surface area contributed by atoms with E-state index in [4.69, 9.17) is 9.47 Å². The Kier molecular flexibility index (Phi) is 7.91. The van der Waals surface area contributed by atoms with E-state index in [1.54, 1.807) is 6.07 Å². The Hall–Kier alpha value is -2.42. The van der Waals surface area contributed by atoms with Crippen LogP contribution in [0.1, 0.15) is 40.7 Å². The average molecular weight is 487 g/mol. The fraction of sp³-hybridized carbons (Fsp3) is 0.500. The Morgan fingerprint density at radius 3 is 2.35 bits per heavy atom. The lowest BCUT2D eigenvalue weighted by molar-refractivity contribution is 0.0683. The molecule has 2 fully saturated rings. The molecule has 0 saturated carbocycles. The van der Waals surface area contributed by atoms with Crippen molar-refractivity contribution in [1.29, 1.82) is 0 Å². The monoisotopic (exact) mass is 486 g/mol. The summed E-state index contributed by atoms with van der Waals surface area (Å²) in [5.41, 5.74) is 2.93. The van der Waals surface area contributed by atoms with Crippen molar-refractivity contribution in [3.63, 3.8) is 0 Å². The number of ether oxygens (including phenoxy) is 2. The van der Waals surface area contributed by atoms with Gasteiger partial charge in [0.15, 0.2) is 0 Å². The SMILES string of the molecule is COc1ccc(S(=O)(=O)N2CCOCC2)cc1C(=O)N1CCC(CCc2ccc(C)cc2)CC1. The topological polar surface area (TPSA) is 76.1 Å². The molecule has 0 radical (unpaired) electrons. The molecule has 184 valence electrons. The molecule has 0 atom stereocenters. The van der Waals surface area contributed by atoms with Gasteiger partial charge in [-0.15, -0.1) is 0 Å². The maximum absolute atomic E-state index is 13.4. The summed E-state index contributed by atoms with van der Waals surface area (Å²) in [6, 6.07) is 13.2. The van der Waals surface area contributed by atoms with Crippen molar-refractivity contribution in [1.82, 2.24) is 9.21 Å². The quantitative estimate of drug-likeness (QED) is 0.599. The molecule has 0 spiro atoms. The van der Waals surface area contributed by atoms with Gasteiger partial charge in [0.25, 0.3) is 5.91 Å². The van der Waals surface area contributed by atoms with Gasteiger partial charge in [0, 0.05) is 26.2 Å². The number of benzene rings is 2. The minimum atomic E-state index is -3.69. The maximum atomic E-state index is 13.4. The van der Waals surface area contributed by atoms with Gasteiger partial charge < -0.3 is 14.4 Å². The van der Waals surface area contributed by atoms with Crippen molar-refractivity contribution in [2.75, 3.05) is 46.5 Å². The third-order valence-electron chi connectivity index (χ3n) is 6.87. The van der Waals surface area contributed by atoms with Crippen molar-refractivity contribution in [2.45, 2.75) is 37.5 Å². The molecule has 1 amide bonds. The molecule has 0 aromatic heterocycles. The van der Waals surface area contributed by atoms with Gasteiger partial charge in [-0.25, -0.2) is 8.42 Å². The number of hydrogen-bond acceptors (Lipinski definition) is 5. The summed E-state index contributed by atoms with van der Waals surface area (Å²) < 4.78 is 38.3. The molecule has 0 unspecified atom stereocenters. The first-order chi connectivity index (χ1) is 16.4. The fourth-order valence-electron chi connectivity index (χ4n) is 4.67. The van der Waals surface area contributed by atoms with Gasteiger partial charge in [-0.1, -0.05) is 29.8 Å². The number of nitrogens with zero attached hydrogens (tertiary/aromatic N) is 2. The van der Waals surface area contributed by atoms with Gasteiger partial charge in [0.05, 0.1) is 30.8 Å². The molecule has 7 nitrogen and oxygen atoms in total. The molecule has 8 heteroatoms. The highest BCUT2D eigenvalue weighted by molar-refractivity contribution is 7.89. The van der Waals surface area contributed by atoms with E-state index in [1.807, 2.05) is 4.90 Å². The van der Waals surface area contributed by atoms with Crippen LogP contribution in [0.15, 0.2) is 47.4 Å². The fourth-order valence-corrected chi connectivity index (χ4v) is 6.11. The standard InChI is InChI=1S/C26H34N2O5S/c1-20-3-5-21(6-4-20)7-8-22-11-13-27(14-12-22)26(29)24-19-23(9-10-25(24)32-2)34(30,31)28-15-17-33-18-16-28/h3-6,9-10,19,22H,7-8,11-18H2,1-2H3. The van der Waals surface area contributed by atoms with Crippen molar-refractivity contribution in [2.24, 2.45) is 5.92 Å². The number of aryl methyl sites for hydroxylation is 2. The minimum absolute atomic E-state index is 0.117. The molecular formula is C26H34N2O5S. The summed E-state index contributed by atoms with van der Waals surface area (Å²) >= 11 is 0. The molecule has 0 N–H and O–H groups in total. The second-order valence-electron chi connectivity index (χ2n) is 9.14. The second-order valence-corrected chi connectivity index (χ2v) is 11.1. The largest absolute Gasteiger partial charge is 0.496 e. The summed E-state index contributed by atoms with van der Waals surface area (Å²) in [6.07, 6.45) is 4.06. The number of likely N-dealkylation sites (tertiary alicyclic amines) is 1. The Bertz CT molecular complexity index is 1090. The number of sulfonamides is 1. The Labute approximate surface area is 202 Å². The first-order valence-corrected chi connectivity index (χ1v) is 13.4. The Morgan fingerprint density at radius 2 is 1.71 bits per heavy atom. The van der Waals surface area contributed by atoms with Gasteiger partial charge in [-0.3, -0.25) is 4.79 Å². The lowest BCUT2D eigenvalue weighted by Crippen LogP contribution is -2.41. The molecule has 2 aliphatic heterocycles. The Balaban J connectivity index is 1.41. The van der Waals surface area contributed by atoms with Crippen LogP contribution in [-0.2, 0) is 21.2 Å². The van der Waals surface area contributed by atoms with Crippen LogP contribution in [0.2, 0.25) is 0 Å². The zero-order valence-corrected chi connectivity index (χ0v) is 20.9. The number of methoxy groups -OCH3 is 1. The van der Waals surface area contributed by atoms with E-state index in [2.05, 4.69) is 31.2 Å². The van der Waals surface area contributed by atoms with Crippen LogP contribution in [0.4, 0.5) is 0 Å². The lowest BCUT2D eigenvalue weighted by Gasteiger charge is -2.32. The van der Waals surface area contributed by atoms with E-state index in [-0.39, 0.29) is 10.8 Å². The van der Waals surface area contributed by atoms with E-state index in [0.717, 1.165) is 25.7 Å². The van der Waals surface area contributed by atoms with Gasteiger partial charge >= 0.3 is 0 Å². The summed E-state index contributed by atoms with van der Waals surface area (Å²) in [5, 5.41) is 0. The molecule has 2 aliphatic rings. The normalized spacial score (nSPS) is 18.1. The van der Waals surface area contributed by atoms with Gasteiger partial charge in [0.2, 0.25) is 10.0 Å². The van der Waals surface area contributed by atoms with E-state index in [9.17, 15) is 13.2 Å². The average Bonchev–Trinajstić information content (AvgIpc) is 2.88. The van der Waals surface area contributed by atoms with E-state index in [0.29, 0.717) is 56.6 Å². The Morgan fingerprint density at radius 1 is 1.03 bits per heavy atom. The van der Waals surface area contributed by atoms with Crippen LogP contribution in [0.3, 0.4) is 0 Å². The number of amides is 1. The summed E-state index contributed by atoms with van der Waals surface area (Å²) in [7, 11) is -2.19. The van der Waals surface area contributed by atoms with Crippen LogP contribution in [0.25, 0.3) is 0 Å². The maximum Gasteiger partial charge on any atom is 0.257 e. The van der Waals surface area contributed by atoms with Crippen molar-refractivity contribution >= 4 is 15.9 Å². The van der Waals surface area contributed by atoms with E-state index in [1.165, 1.54) is 34.7 Å². The minimum Gasteiger partial charge on any atom is -0.496 e. The van der Waals surface area contributed by atoms with Crippen LogP contribution < -0.4 is 4.74 Å². The highest BCUT2D eigenvalue weighted by atomic mass is 32.2. The first kappa shape index (κ1) is 24.7. The van der Waals surface area contributed by atoms with E-state index < -0.39 is 10.0 Å². The number of carbonyl (C=O) groups is 1. The van der Waals surface area contributed by atoms with Crippen molar-refractivity contribution in [3.05, 3.63) is 59.2 Å². The molecular weight excluding hydrogens is 452 g/mol. The zero-order valence-electron chi connectivity index (χ0n) is 20.0. The van der Waals surface area contributed by atoms with Crippen LogP contribution in [0, 0.1) is 12.8 Å². The molecule has 34 heavy (non-hydrogen) atoms. The van der Waals surface area contributed by atoms with Crippen molar-refractivity contribution < 1.29 is 22.7 Å². The third-order valence-corrected chi connectivity index (χ3v) is 8.77. The summed E-state index contributed by atoms with van der Waals surface area (Å²) in [4.78, 5) is 15.3. The molecule has 0 aliphatic carbocycles. The van der Waals surface area contributed by atoms with Gasteiger partial charge in [-0.2, -0.15) is 4.31 Å². The van der Waals surface area contributed by atoms with Crippen LogP contribution >= 0.6 is 0 Å². The molecule has 2 heterocycles. The van der Waals surface area contributed by atoms with Crippen LogP contribution in [-0.4, -0.2) is 70.0 Å². The van der Waals surface area contributed by atoms with Crippen molar-refractivity contribution in [3.8, 4) is 5.75 Å².